The molecule has 0 aliphatic carbocycles. The van der Waals surface area contributed by atoms with Crippen LogP contribution in [0.4, 0.5) is 0 Å². The molecule has 0 radical (unpaired) electrons. The van der Waals surface area contributed by atoms with Crippen molar-refractivity contribution in [3.05, 3.63) is 27.9 Å². The van der Waals surface area contributed by atoms with Crippen molar-refractivity contribution >= 4 is 0 Å². The van der Waals surface area contributed by atoms with Crippen LogP contribution in [0.2, 0.25) is 0 Å². The standard InChI is InChI=1S/C7H11N5O/c1-5-6(4-12(2)10-5)7(13)3-9-11-8/h4,7,13H,3H2,1-2H3/t7-/m0/s1. The summed E-state index contributed by atoms with van der Waals surface area (Å²) in [6, 6.07) is 0. The third kappa shape index (κ3) is 2.21. The molecule has 0 saturated heterocycles. The first kappa shape index (κ1) is 9.57. The number of rotatable bonds is 3. The summed E-state index contributed by atoms with van der Waals surface area (Å²) in [5, 5.41) is 16.9. The lowest BCUT2D eigenvalue weighted by molar-refractivity contribution is 0.186. The van der Waals surface area contributed by atoms with Crippen LogP contribution in [-0.4, -0.2) is 21.4 Å². The van der Waals surface area contributed by atoms with Crippen molar-refractivity contribution in [1.29, 1.82) is 0 Å². The van der Waals surface area contributed by atoms with Gasteiger partial charge in [0.05, 0.1) is 18.3 Å². The minimum atomic E-state index is -0.760. The van der Waals surface area contributed by atoms with E-state index < -0.39 is 6.10 Å². The van der Waals surface area contributed by atoms with Gasteiger partial charge in [-0.3, -0.25) is 4.68 Å². The molecule has 0 aliphatic rings. The van der Waals surface area contributed by atoms with Crippen molar-refractivity contribution in [1.82, 2.24) is 9.78 Å². The predicted octanol–water partition coefficient (Wildman–Crippen LogP) is 1.07. The summed E-state index contributed by atoms with van der Waals surface area (Å²) in [4.78, 5) is 2.58. The molecule has 0 fully saturated rings. The van der Waals surface area contributed by atoms with Crippen LogP contribution in [0.1, 0.15) is 17.4 Å². The average Bonchev–Trinajstić information content (AvgIpc) is 2.41. The van der Waals surface area contributed by atoms with Gasteiger partial charge in [-0.1, -0.05) is 5.11 Å². The molecule has 0 aliphatic heterocycles. The molecule has 1 atom stereocenters. The normalized spacial score (nSPS) is 12.2. The van der Waals surface area contributed by atoms with Gasteiger partial charge in [-0.05, 0) is 12.5 Å². The third-order valence-electron chi connectivity index (χ3n) is 1.73. The van der Waals surface area contributed by atoms with Crippen LogP contribution < -0.4 is 0 Å². The molecule has 6 nitrogen and oxygen atoms in total. The zero-order valence-corrected chi connectivity index (χ0v) is 7.55. The Morgan fingerprint density at radius 2 is 2.54 bits per heavy atom. The molecule has 0 unspecified atom stereocenters. The van der Waals surface area contributed by atoms with Crippen molar-refractivity contribution in [2.45, 2.75) is 13.0 Å². The van der Waals surface area contributed by atoms with Gasteiger partial charge in [0.15, 0.2) is 0 Å². The quantitative estimate of drug-likeness (QED) is 0.429. The van der Waals surface area contributed by atoms with Gasteiger partial charge in [-0.25, -0.2) is 0 Å². The highest BCUT2D eigenvalue weighted by molar-refractivity contribution is 5.18. The molecular formula is C7H11N5O. The van der Waals surface area contributed by atoms with E-state index in [2.05, 4.69) is 15.1 Å². The molecular weight excluding hydrogens is 170 g/mol. The number of aliphatic hydroxyl groups excluding tert-OH is 1. The smallest absolute Gasteiger partial charge is 0.0879 e. The molecule has 70 valence electrons. The molecule has 0 saturated carbocycles. The van der Waals surface area contributed by atoms with E-state index in [1.165, 1.54) is 0 Å². The lowest BCUT2D eigenvalue weighted by atomic mass is 10.1. The van der Waals surface area contributed by atoms with Crippen molar-refractivity contribution in [2.75, 3.05) is 6.54 Å². The molecule has 0 spiro atoms. The summed E-state index contributed by atoms with van der Waals surface area (Å²) in [6.07, 6.45) is 0.956. The maximum atomic E-state index is 9.53. The van der Waals surface area contributed by atoms with Crippen molar-refractivity contribution in [3.63, 3.8) is 0 Å². The Morgan fingerprint density at radius 3 is 3.00 bits per heavy atom. The lowest BCUT2D eigenvalue weighted by Gasteiger charge is -2.03. The molecule has 0 bridgehead atoms. The Morgan fingerprint density at radius 1 is 1.85 bits per heavy atom. The SMILES string of the molecule is Cc1nn(C)cc1[C@@H](O)CN=[N+]=[N-]. The molecule has 1 aromatic heterocycles. The van der Waals surface area contributed by atoms with Crippen LogP contribution in [-0.2, 0) is 7.05 Å². The number of aromatic nitrogens is 2. The molecule has 6 heteroatoms. The fourth-order valence-corrected chi connectivity index (χ4v) is 1.16. The maximum absolute atomic E-state index is 9.53. The largest absolute Gasteiger partial charge is 0.388 e. The second-order valence-corrected chi connectivity index (χ2v) is 2.77. The van der Waals surface area contributed by atoms with E-state index in [1.54, 1.807) is 24.9 Å². The zero-order valence-electron chi connectivity index (χ0n) is 7.55. The van der Waals surface area contributed by atoms with Crippen LogP contribution >= 0.6 is 0 Å². The topological polar surface area (TPSA) is 86.8 Å². The number of azide groups is 1. The van der Waals surface area contributed by atoms with E-state index in [4.69, 9.17) is 5.53 Å². The number of hydrogen-bond donors (Lipinski definition) is 1. The van der Waals surface area contributed by atoms with E-state index in [0.29, 0.717) is 5.56 Å². The van der Waals surface area contributed by atoms with E-state index >= 15 is 0 Å². The number of hydrogen-bond acceptors (Lipinski definition) is 3. The zero-order chi connectivity index (χ0) is 9.84. The van der Waals surface area contributed by atoms with Crippen molar-refractivity contribution < 1.29 is 5.11 Å². The van der Waals surface area contributed by atoms with E-state index in [1.807, 2.05) is 0 Å². The highest BCUT2D eigenvalue weighted by atomic mass is 16.3. The maximum Gasteiger partial charge on any atom is 0.0879 e. The van der Waals surface area contributed by atoms with Gasteiger partial charge < -0.3 is 5.11 Å². The molecule has 1 aromatic rings. The van der Waals surface area contributed by atoms with Crippen LogP contribution in [0.15, 0.2) is 11.3 Å². The molecule has 1 N–H and O–H groups in total. The van der Waals surface area contributed by atoms with Gasteiger partial charge in [-0.15, -0.1) is 0 Å². The van der Waals surface area contributed by atoms with Gasteiger partial charge >= 0.3 is 0 Å². The minimum Gasteiger partial charge on any atom is -0.388 e. The molecule has 13 heavy (non-hydrogen) atoms. The minimum absolute atomic E-state index is 0.0447. The monoisotopic (exact) mass is 181 g/mol. The summed E-state index contributed by atoms with van der Waals surface area (Å²) < 4.78 is 1.62. The van der Waals surface area contributed by atoms with Crippen molar-refractivity contribution in [3.8, 4) is 0 Å². The number of aryl methyl sites for hydroxylation is 2. The summed E-state index contributed by atoms with van der Waals surface area (Å²) in [5.74, 6) is 0. The molecule has 0 amide bonds. The Bertz CT molecular complexity index is 339. The van der Waals surface area contributed by atoms with Crippen LogP contribution in [0.3, 0.4) is 0 Å². The van der Waals surface area contributed by atoms with Crippen LogP contribution in [0.5, 0.6) is 0 Å². The Hall–Kier alpha value is -1.52. The van der Waals surface area contributed by atoms with Crippen LogP contribution in [0, 0.1) is 6.92 Å². The second-order valence-electron chi connectivity index (χ2n) is 2.77. The van der Waals surface area contributed by atoms with Gasteiger partial charge in [0.2, 0.25) is 0 Å². The molecule has 1 heterocycles. The van der Waals surface area contributed by atoms with Crippen molar-refractivity contribution in [2.24, 2.45) is 12.2 Å². The van der Waals surface area contributed by atoms with Gasteiger partial charge in [0, 0.05) is 23.7 Å². The third-order valence-corrected chi connectivity index (χ3v) is 1.73. The Labute approximate surface area is 75.4 Å². The fraction of sp³-hybridized carbons (Fsp3) is 0.571. The fourth-order valence-electron chi connectivity index (χ4n) is 1.16. The lowest BCUT2D eigenvalue weighted by Crippen LogP contribution is -2.01. The molecule has 1 rings (SSSR count). The van der Waals surface area contributed by atoms with E-state index in [0.717, 1.165) is 5.69 Å². The Balaban J connectivity index is 2.81. The Kier molecular flexibility index (Phi) is 2.89. The summed E-state index contributed by atoms with van der Waals surface area (Å²) in [6.45, 7) is 1.84. The number of nitrogens with zero attached hydrogens (tertiary/aromatic N) is 5. The van der Waals surface area contributed by atoms with Crippen LogP contribution in [0.25, 0.3) is 10.4 Å². The number of aliphatic hydroxyl groups is 1. The van der Waals surface area contributed by atoms with Gasteiger partial charge in [0.1, 0.15) is 0 Å². The summed E-state index contributed by atoms with van der Waals surface area (Å²) >= 11 is 0. The summed E-state index contributed by atoms with van der Waals surface area (Å²) in [7, 11) is 1.77. The highest BCUT2D eigenvalue weighted by Crippen LogP contribution is 2.15. The summed E-state index contributed by atoms with van der Waals surface area (Å²) in [5.41, 5.74) is 9.52. The first-order valence-corrected chi connectivity index (χ1v) is 3.84. The average molecular weight is 181 g/mol. The molecule has 0 aromatic carbocycles. The van der Waals surface area contributed by atoms with Gasteiger partial charge in [0.25, 0.3) is 0 Å². The predicted molar refractivity (Wildman–Crippen MR) is 46.9 cm³/mol. The first-order valence-electron chi connectivity index (χ1n) is 3.84. The van der Waals surface area contributed by atoms with E-state index in [-0.39, 0.29) is 6.54 Å². The highest BCUT2D eigenvalue weighted by Gasteiger charge is 2.11. The van der Waals surface area contributed by atoms with Gasteiger partial charge in [-0.2, -0.15) is 5.10 Å². The first-order chi connectivity index (χ1) is 6.15. The second kappa shape index (κ2) is 3.93. The van der Waals surface area contributed by atoms with E-state index in [9.17, 15) is 5.11 Å².